The molecular weight excluding hydrogens is 186 g/mol. The molecule has 0 heterocycles. The van der Waals surface area contributed by atoms with Gasteiger partial charge in [0.05, 0.1) is 5.60 Å². The van der Waals surface area contributed by atoms with E-state index in [-0.39, 0.29) is 5.60 Å². The Balaban J connectivity index is 2.65. The lowest BCUT2D eigenvalue weighted by atomic mass is 9.74. The van der Waals surface area contributed by atoms with Crippen LogP contribution in [0.3, 0.4) is 0 Å². The number of methoxy groups -OCH3 is 1. The maximum atomic E-state index is 5.87. The lowest BCUT2D eigenvalue weighted by Crippen LogP contribution is -2.52. The molecule has 0 spiro atoms. The fourth-order valence-corrected chi connectivity index (χ4v) is 2.90. The van der Waals surface area contributed by atoms with Crippen LogP contribution in [0.2, 0.25) is 0 Å². The number of rotatable bonds is 5. The summed E-state index contributed by atoms with van der Waals surface area (Å²) in [6.45, 7) is 4.60. The summed E-state index contributed by atoms with van der Waals surface area (Å²) in [4.78, 5) is 0. The van der Waals surface area contributed by atoms with E-state index >= 15 is 0 Å². The molecule has 1 atom stereocenters. The van der Waals surface area contributed by atoms with Gasteiger partial charge >= 0.3 is 0 Å². The highest BCUT2D eigenvalue weighted by atomic mass is 16.5. The lowest BCUT2D eigenvalue weighted by Gasteiger charge is -2.44. The first-order valence-electron chi connectivity index (χ1n) is 6.41. The molecule has 0 aromatic carbocycles. The van der Waals surface area contributed by atoms with Crippen LogP contribution in [0.1, 0.15) is 52.4 Å². The second kappa shape index (κ2) is 5.86. The first-order valence-corrected chi connectivity index (χ1v) is 6.41. The minimum Gasteiger partial charge on any atom is -0.377 e. The van der Waals surface area contributed by atoms with E-state index in [1.807, 2.05) is 7.11 Å². The molecule has 0 aliphatic heterocycles. The van der Waals surface area contributed by atoms with Gasteiger partial charge in [-0.25, -0.2) is 0 Å². The quantitative estimate of drug-likeness (QED) is 0.758. The van der Waals surface area contributed by atoms with Gasteiger partial charge in [0.1, 0.15) is 0 Å². The molecule has 90 valence electrons. The smallest absolute Gasteiger partial charge is 0.0831 e. The molecule has 1 fully saturated rings. The van der Waals surface area contributed by atoms with Crippen LogP contribution in [0.25, 0.3) is 0 Å². The van der Waals surface area contributed by atoms with E-state index in [9.17, 15) is 0 Å². The summed E-state index contributed by atoms with van der Waals surface area (Å²) in [5.41, 5.74) is 0.108. The van der Waals surface area contributed by atoms with Gasteiger partial charge in [-0.3, -0.25) is 0 Å². The van der Waals surface area contributed by atoms with Crippen LogP contribution in [-0.4, -0.2) is 25.8 Å². The van der Waals surface area contributed by atoms with Gasteiger partial charge in [0, 0.05) is 13.2 Å². The van der Waals surface area contributed by atoms with E-state index in [2.05, 4.69) is 26.2 Å². The largest absolute Gasteiger partial charge is 0.377 e. The summed E-state index contributed by atoms with van der Waals surface area (Å²) in [5.74, 6) is 0.882. The van der Waals surface area contributed by atoms with Crippen molar-refractivity contribution in [3.63, 3.8) is 0 Å². The molecule has 0 amide bonds. The minimum atomic E-state index is 0.108. The van der Waals surface area contributed by atoms with E-state index in [1.54, 1.807) is 0 Å². The summed E-state index contributed by atoms with van der Waals surface area (Å²) < 4.78 is 5.87. The molecule has 15 heavy (non-hydrogen) atoms. The van der Waals surface area contributed by atoms with Gasteiger partial charge in [0.25, 0.3) is 0 Å². The highest BCUT2D eigenvalue weighted by molar-refractivity contribution is 4.95. The molecular formula is C13H27NO. The summed E-state index contributed by atoms with van der Waals surface area (Å²) in [6, 6.07) is 0.528. The Morgan fingerprint density at radius 2 is 2.00 bits per heavy atom. The van der Waals surface area contributed by atoms with Crippen molar-refractivity contribution >= 4 is 0 Å². The minimum absolute atomic E-state index is 0.108. The predicted molar refractivity (Wildman–Crippen MR) is 65.1 cm³/mol. The van der Waals surface area contributed by atoms with Crippen LogP contribution in [-0.2, 0) is 4.74 Å². The molecule has 1 aliphatic rings. The summed E-state index contributed by atoms with van der Waals surface area (Å²) in [6.07, 6.45) is 7.52. The van der Waals surface area contributed by atoms with Crippen molar-refractivity contribution in [3.05, 3.63) is 0 Å². The van der Waals surface area contributed by atoms with Gasteiger partial charge in [0.2, 0.25) is 0 Å². The molecule has 2 heteroatoms. The highest BCUT2D eigenvalue weighted by Crippen LogP contribution is 2.37. The molecule has 0 saturated heterocycles. The molecule has 1 rings (SSSR count). The average molecular weight is 213 g/mol. The molecule has 1 aliphatic carbocycles. The molecule has 0 aromatic rings. The Kier molecular flexibility index (Phi) is 5.07. The summed E-state index contributed by atoms with van der Waals surface area (Å²) in [5, 5.41) is 3.45. The van der Waals surface area contributed by atoms with Gasteiger partial charge in [0.15, 0.2) is 0 Å². The van der Waals surface area contributed by atoms with Gasteiger partial charge in [-0.2, -0.15) is 0 Å². The SMILES string of the molecule is CCCC(NC)C1(OC)CCC(C)CC1. The van der Waals surface area contributed by atoms with E-state index in [4.69, 9.17) is 4.74 Å². The summed E-state index contributed by atoms with van der Waals surface area (Å²) in [7, 11) is 3.95. The topological polar surface area (TPSA) is 21.3 Å². The fraction of sp³-hybridized carbons (Fsp3) is 1.00. The van der Waals surface area contributed by atoms with Crippen LogP contribution in [0.15, 0.2) is 0 Å². The molecule has 2 nitrogen and oxygen atoms in total. The first kappa shape index (κ1) is 13.0. The Morgan fingerprint density at radius 3 is 2.40 bits per heavy atom. The van der Waals surface area contributed by atoms with Gasteiger partial charge in [-0.15, -0.1) is 0 Å². The van der Waals surface area contributed by atoms with Gasteiger partial charge in [-0.1, -0.05) is 20.3 Å². The van der Waals surface area contributed by atoms with Gasteiger partial charge in [-0.05, 0) is 45.1 Å². The number of hydrogen-bond acceptors (Lipinski definition) is 2. The number of hydrogen-bond donors (Lipinski definition) is 1. The zero-order valence-electron chi connectivity index (χ0n) is 10.8. The molecule has 1 unspecified atom stereocenters. The molecule has 0 bridgehead atoms. The molecule has 0 radical (unpaired) electrons. The van der Waals surface area contributed by atoms with Crippen molar-refractivity contribution in [2.24, 2.45) is 5.92 Å². The Morgan fingerprint density at radius 1 is 1.40 bits per heavy atom. The first-order chi connectivity index (χ1) is 7.18. The average Bonchev–Trinajstić information content (AvgIpc) is 2.28. The fourth-order valence-electron chi connectivity index (χ4n) is 2.90. The Hall–Kier alpha value is -0.0800. The van der Waals surface area contributed by atoms with Crippen molar-refractivity contribution in [2.75, 3.05) is 14.2 Å². The predicted octanol–water partition coefficient (Wildman–Crippen LogP) is 2.97. The Bertz CT molecular complexity index is 173. The van der Waals surface area contributed by atoms with Crippen LogP contribution in [0.4, 0.5) is 0 Å². The van der Waals surface area contributed by atoms with Crippen LogP contribution < -0.4 is 5.32 Å². The zero-order valence-corrected chi connectivity index (χ0v) is 10.8. The third-order valence-corrected chi connectivity index (χ3v) is 4.09. The summed E-state index contributed by atoms with van der Waals surface area (Å²) >= 11 is 0. The maximum absolute atomic E-state index is 5.87. The standard InChI is InChI=1S/C13H27NO/c1-5-6-12(14-3)13(15-4)9-7-11(2)8-10-13/h11-12,14H,5-10H2,1-4H3. The lowest BCUT2D eigenvalue weighted by molar-refractivity contribution is -0.0750. The molecule has 0 aromatic heterocycles. The highest BCUT2D eigenvalue weighted by Gasteiger charge is 2.40. The van der Waals surface area contributed by atoms with E-state index < -0.39 is 0 Å². The monoisotopic (exact) mass is 213 g/mol. The van der Waals surface area contributed by atoms with E-state index in [0.717, 1.165) is 5.92 Å². The van der Waals surface area contributed by atoms with Crippen molar-refractivity contribution < 1.29 is 4.74 Å². The van der Waals surface area contributed by atoms with Crippen molar-refractivity contribution in [1.82, 2.24) is 5.32 Å². The molecule has 1 saturated carbocycles. The van der Waals surface area contributed by atoms with Crippen molar-refractivity contribution in [2.45, 2.75) is 64.0 Å². The van der Waals surface area contributed by atoms with Crippen molar-refractivity contribution in [1.29, 1.82) is 0 Å². The van der Waals surface area contributed by atoms with Gasteiger partial charge < -0.3 is 10.1 Å². The number of likely N-dealkylation sites (N-methyl/N-ethyl adjacent to an activating group) is 1. The number of ether oxygens (including phenoxy) is 1. The number of nitrogens with one attached hydrogen (secondary N) is 1. The second-order valence-corrected chi connectivity index (χ2v) is 5.08. The second-order valence-electron chi connectivity index (χ2n) is 5.08. The van der Waals surface area contributed by atoms with Crippen LogP contribution in [0.5, 0.6) is 0 Å². The third kappa shape index (κ3) is 2.94. The van der Waals surface area contributed by atoms with Crippen molar-refractivity contribution in [3.8, 4) is 0 Å². The Labute approximate surface area is 94.8 Å². The van der Waals surface area contributed by atoms with E-state index in [1.165, 1.54) is 38.5 Å². The van der Waals surface area contributed by atoms with Crippen LogP contribution >= 0.6 is 0 Å². The van der Waals surface area contributed by atoms with E-state index in [0.29, 0.717) is 6.04 Å². The molecule has 1 N–H and O–H groups in total. The normalized spacial score (nSPS) is 34.0. The third-order valence-electron chi connectivity index (χ3n) is 4.09. The zero-order chi connectivity index (χ0) is 11.3. The maximum Gasteiger partial charge on any atom is 0.0831 e. The van der Waals surface area contributed by atoms with Crippen LogP contribution in [0, 0.1) is 5.92 Å².